The van der Waals surface area contributed by atoms with Gasteiger partial charge >= 0.3 is 11.8 Å². The lowest BCUT2D eigenvalue weighted by Gasteiger charge is -2.27. The molecule has 3 rings (SSSR count). The maximum Gasteiger partial charge on any atom is 0.342 e. The first-order valence-electron chi connectivity index (χ1n) is 8.74. The molecule has 0 radical (unpaired) electrons. The van der Waals surface area contributed by atoms with Gasteiger partial charge in [-0.05, 0) is 17.2 Å². The van der Waals surface area contributed by atoms with Crippen LogP contribution in [0.4, 0.5) is 30.7 Å². The maximum atomic E-state index is 14.6. The minimum absolute atomic E-state index is 0.0439. The molecule has 0 saturated heterocycles. The largest absolute Gasteiger partial charge is 0.342 e. The number of alkyl halides is 6. The highest BCUT2D eigenvalue weighted by molar-refractivity contribution is 7.19. The highest BCUT2D eigenvalue weighted by Gasteiger charge is 2.60. The number of hydrogen-bond acceptors (Lipinski definition) is 1. The summed E-state index contributed by atoms with van der Waals surface area (Å²) in [4.78, 5) is 0.426. The Bertz CT molecular complexity index is 1020. The van der Waals surface area contributed by atoms with E-state index in [0.717, 1.165) is 17.4 Å². The molecular weight excluding hydrogens is 429 g/mol. The van der Waals surface area contributed by atoms with Crippen LogP contribution in [0.3, 0.4) is 0 Å². The summed E-state index contributed by atoms with van der Waals surface area (Å²) in [6.45, 7) is -4.75. The molecule has 158 valence electrons. The van der Waals surface area contributed by atoms with Crippen LogP contribution in [0.25, 0.3) is 26.5 Å². The summed E-state index contributed by atoms with van der Waals surface area (Å²) in [5, 5.41) is 0. The van der Waals surface area contributed by atoms with Crippen molar-refractivity contribution in [3.8, 4) is 20.9 Å². The Hall–Kier alpha value is -2.61. The van der Waals surface area contributed by atoms with Crippen molar-refractivity contribution in [1.82, 2.24) is 0 Å². The Balaban J connectivity index is 2.32. The number of halogens is 7. The lowest BCUT2D eigenvalue weighted by molar-refractivity contribution is -0.181. The van der Waals surface area contributed by atoms with Crippen molar-refractivity contribution < 1.29 is 30.7 Å². The van der Waals surface area contributed by atoms with Crippen LogP contribution < -0.4 is 0 Å². The Kier molecular flexibility index (Phi) is 6.36. The summed E-state index contributed by atoms with van der Waals surface area (Å²) in [6, 6.07) is 17.4. The predicted molar refractivity (Wildman–Crippen MR) is 105 cm³/mol. The predicted octanol–water partition coefficient (Wildman–Crippen LogP) is 7.97. The molecule has 0 aliphatic rings. The van der Waals surface area contributed by atoms with Crippen molar-refractivity contribution in [2.45, 2.75) is 11.8 Å². The van der Waals surface area contributed by atoms with E-state index >= 15 is 0 Å². The van der Waals surface area contributed by atoms with E-state index in [0.29, 0.717) is 16.0 Å². The molecule has 30 heavy (non-hydrogen) atoms. The van der Waals surface area contributed by atoms with Crippen molar-refractivity contribution in [3.63, 3.8) is 0 Å². The Morgan fingerprint density at radius 2 is 1.33 bits per heavy atom. The van der Waals surface area contributed by atoms with Crippen LogP contribution in [0.15, 0.2) is 72.6 Å². The summed E-state index contributed by atoms with van der Waals surface area (Å²) in [5.74, 6) is -12.5. The smallest absolute Gasteiger partial charge is 0.244 e. The first kappa shape index (κ1) is 22.1. The standard InChI is InChI=1S/C22H15F7S/c23-12-17(25)19(22(28,29)21(26,27)13-24)16-11-18(14-7-3-1-4-8-14)30-20(16)15-9-5-2-6-10-15/h1-11H,12-13H2/b19-17+. The molecule has 1 heterocycles. The number of thiophene rings is 1. The fraction of sp³-hybridized carbons (Fsp3) is 0.182. The van der Waals surface area contributed by atoms with Gasteiger partial charge in [-0.2, -0.15) is 17.6 Å². The van der Waals surface area contributed by atoms with E-state index in [-0.39, 0.29) is 4.88 Å². The van der Waals surface area contributed by atoms with E-state index in [2.05, 4.69) is 0 Å². The third kappa shape index (κ3) is 4.01. The van der Waals surface area contributed by atoms with Gasteiger partial charge < -0.3 is 0 Å². The molecule has 0 nitrogen and oxygen atoms in total. The van der Waals surface area contributed by atoms with E-state index in [9.17, 15) is 30.7 Å². The molecule has 0 atom stereocenters. The third-order valence-electron chi connectivity index (χ3n) is 4.43. The van der Waals surface area contributed by atoms with Gasteiger partial charge in [-0.15, -0.1) is 11.3 Å². The van der Waals surface area contributed by atoms with Gasteiger partial charge in [0.15, 0.2) is 6.67 Å². The van der Waals surface area contributed by atoms with Gasteiger partial charge in [-0.1, -0.05) is 60.7 Å². The molecule has 3 aromatic rings. The Morgan fingerprint density at radius 3 is 1.83 bits per heavy atom. The number of rotatable bonds is 7. The van der Waals surface area contributed by atoms with Gasteiger partial charge in [0.05, 0.1) is 5.57 Å². The quantitative estimate of drug-likeness (QED) is 0.324. The van der Waals surface area contributed by atoms with Gasteiger partial charge in [0.1, 0.15) is 12.5 Å². The third-order valence-corrected chi connectivity index (χ3v) is 5.66. The van der Waals surface area contributed by atoms with Crippen molar-refractivity contribution in [2.75, 3.05) is 13.3 Å². The fourth-order valence-electron chi connectivity index (χ4n) is 2.94. The van der Waals surface area contributed by atoms with E-state index in [1.807, 2.05) is 0 Å². The van der Waals surface area contributed by atoms with Crippen LogP contribution in [0.5, 0.6) is 0 Å². The number of benzene rings is 2. The highest BCUT2D eigenvalue weighted by atomic mass is 32.1. The van der Waals surface area contributed by atoms with Gasteiger partial charge in [-0.3, -0.25) is 0 Å². The zero-order chi connectivity index (χ0) is 21.9. The molecule has 0 fully saturated rings. The summed E-state index contributed by atoms with van der Waals surface area (Å²) >= 11 is 0.961. The van der Waals surface area contributed by atoms with Gasteiger partial charge in [-0.25, -0.2) is 13.2 Å². The molecule has 1 aromatic heterocycles. The SMILES string of the molecule is FC/C(F)=C(/c1cc(-c2ccccc2)sc1-c1ccccc1)C(F)(F)C(F)(F)CF. The van der Waals surface area contributed by atoms with Crippen LogP contribution in [0.1, 0.15) is 5.56 Å². The molecule has 0 amide bonds. The molecule has 0 bridgehead atoms. The number of hydrogen-bond donors (Lipinski definition) is 0. The van der Waals surface area contributed by atoms with Crippen molar-refractivity contribution in [1.29, 1.82) is 0 Å². The second kappa shape index (κ2) is 8.63. The molecule has 0 aliphatic heterocycles. The highest BCUT2D eigenvalue weighted by Crippen LogP contribution is 2.51. The van der Waals surface area contributed by atoms with Crippen molar-refractivity contribution in [3.05, 3.63) is 78.1 Å². The van der Waals surface area contributed by atoms with E-state index in [1.54, 1.807) is 48.5 Å². The molecule has 0 N–H and O–H groups in total. The lowest BCUT2D eigenvalue weighted by atomic mass is 9.92. The molecule has 2 aromatic carbocycles. The van der Waals surface area contributed by atoms with Gasteiger partial charge in [0.2, 0.25) is 0 Å². The summed E-state index contributed by atoms with van der Waals surface area (Å²) in [7, 11) is 0. The number of allylic oxidation sites excluding steroid dienone is 2. The summed E-state index contributed by atoms with van der Waals surface area (Å²) in [5.41, 5.74) is -1.52. The first-order chi connectivity index (χ1) is 14.2. The van der Waals surface area contributed by atoms with E-state index in [1.165, 1.54) is 12.1 Å². The molecular formula is C22H15F7S. The average molecular weight is 444 g/mol. The van der Waals surface area contributed by atoms with Crippen LogP contribution >= 0.6 is 11.3 Å². The van der Waals surface area contributed by atoms with Crippen LogP contribution in [0.2, 0.25) is 0 Å². The van der Waals surface area contributed by atoms with E-state index in [4.69, 9.17) is 0 Å². The normalized spacial score (nSPS) is 13.3. The minimum atomic E-state index is -5.27. The molecule has 0 aliphatic carbocycles. The molecule has 8 heteroatoms. The topological polar surface area (TPSA) is 0 Å². The maximum absolute atomic E-state index is 14.6. The average Bonchev–Trinajstić information content (AvgIpc) is 3.19. The van der Waals surface area contributed by atoms with Crippen LogP contribution in [-0.4, -0.2) is 25.2 Å². The van der Waals surface area contributed by atoms with Crippen molar-refractivity contribution >= 4 is 16.9 Å². The van der Waals surface area contributed by atoms with Gasteiger partial charge in [0, 0.05) is 15.3 Å². The van der Waals surface area contributed by atoms with Crippen molar-refractivity contribution in [2.24, 2.45) is 0 Å². The zero-order valence-electron chi connectivity index (χ0n) is 15.3. The molecule has 0 spiro atoms. The molecule has 0 unspecified atom stereocenters. The zero-order valence-corrected chi connectivity index (χ0v) is 16.1. The monoisotopic (exact) mass is 444 g/mol. The molecule has 0 saturated carbocycles. The lowest BCUT2D eigenvalue weighted by Crippen LogP contribution is -2.43. The van der Waals surface area contributed by atoms with E-state index < -0.39 is 42.2 Å². The van der Waals surface area contributed by atoms with Crippen LogP contribution in [0, 0.1) is 0 Å². The second-order valence-corrected chi connectivity index (χ2v) is 7.46. The summed E-state index contributed by atoms with van der Waals surface area (Å²) in [6.07, 6.45) is 0. The minimum Gasteiger partial charge on any atom is -0.244 e. The summed E-state index contributed by atoms with van der Waals surface area (Å²) < 4.78 is 97.0. The van der Waals surface area contributed by atoms with Crippen LogP contribution in [-0.2, 0) is 0 Å². The fourth-order valence-corrected chi connectivity index (χ4v) is 4.12. The van der Waals surface area contributed by atoms with Gasteiger partial charge in [0.25, 0.3) is 0 Å². The first-order valence-corrected chi connectivity index (χ1v) is 9.56. The Labute approximate surface area is 172 Å². The Morgan fingerprint density at radius 1 is 0.800 bits per heavy atom. The second-order valence-electron chi connectivity index (χ2n) is 6.41.